The molecule has 0 radical (unpaired) electrons. The second-order valence-corrected chi connectivity index (χ2v) is 4.33. The molecule has 0 aliphatic carbocycles. The highest BCUT2D eigenvalue weighted by Gasteiger charge is 1.94. The van der Waals surface area contributed by atoms with Crippen LogP contribution in [0, 0.1) is 0 Å². The van der Waals surface area contributed by atoms with E-state index in [0.717, 1.165) is 25.3 Å². The van der Waals surface area contributed by atoms with E-state index in [2.05, 4.69) is 29.6 Å². The van der Waals surface area contributed by atoms with Crippen molar-refractivity contribution >= 4 is 0 Å². The van der Waals surface area contributed by atoms with E-state index < -0.39 is 0 Å². The summed E-state index contributed by atoms with van der Waals surface area (Å²) in [6, 6.07) is 17.2. The van der Waals surface area contributed by atoms with Crippen LogP contribution >= 0.6 is 0 Å². The van der Waals surface area contributed by atoms with Gasteiger partial charge in [0.15, 0.2) is 0 Å². The molecule has 2 aromatic rings. The van der Waals surface area contributed by atoms with Gasteiger partial charge >= 0.3 is 0 Å². The van der Waals surface area contributed by atoms with E-state index in [1.165, 1.54) is 5.56 Å². The van der Waals surface area contributed by atoms with Crippen LogP contribution in [0.15, 0.2) is 54.6 Å². The number of phenolic OH excluding ortho intramolecular Hbond substituents is 1. The Hall–Kier alpha value is -2.00. The molecule has 3 nitrogen and oxygen atoms in total. The largest absolute Gasteiger partial charge is 0.508 e. The van der Waals surface area contributed by atoms with Crippen molar-refractivity contribution in [3.8, 4) is 11.5 Å². The molecule has 2 N–H and O–H groups in total. The average Bonchev–Trinajstić information content (AvgIpc) is 2.46. The first-order valence-electron chi connectivity index (χ1n) is 6.51. The monoisotopic (exact) mass is 257 g/mol. The fourth-order valence-electron chi connectivity index (χ4n) is 1.79. The maximum absolute atomic E-state index is 9.14. The molecule has 0 saturated heterocycles. The minimum atomic E-state index is 0.258. The molecule has 2 rings (SSSR count). The van der Waals surface area contributed by atoms with Gasteiger partial charge in [-0.3, -0.25) is 0 Å². The number of aromatic hydroxyl groups is 1. The van der Waals surface area contributed by atoms with Crippen molar-refractivity contribution in [2.75, 3.05) is 19.7 Å². The van der Waals surface area contributed by atoms with Gasteiger partial charge in [0.05, 0.1) is 0 Å². The summed E-state index contributed by atoms with van der Waals surface area (Å²) in [5.41, 5.74) is 1.34. The van der Waals surface area contributed by atoms with Crippen LogP contribution in [0.2, 0.25) is 0 Å². The molecule has 3 heteroatoms. The summed E-state index contributed by atoms with van der Waals surface area (Å²) in [6.07, 6.45) is 1.03. The van der Waals surface area contributed by atoms with Crippen LogP contribution in [0.1, 0.15) is 5.56 Å². The summed E-state index contributed by atoms with van der Waals surface area (Å²) in [7, 11) is 0. The predicted octanol–water partition coefficient (Wildman–Crippen LogP) is 2.60. The molecule has 2 aromatic carbocycles. The minimum Gasteiger partial charge on any atom is -0.508 e. The van der Waals surface area contributed by atoms with Crippen molar-refractivity contribution < 1.29 is 9.84 Å². The van der Waals surface area contributed by atoms with E-state index in [9.17, 15) is 0 Å². The number of hydrogen-bond acceptors (Lipinski definition) is 3. The molecule has 0 aliphatic heterocycles. The molecule has 0 unspecified atom stereocenters. The molecule has 0 aliphatic rings. The summed E-state index contributed by atoms with van der Waals surface area (Å²) in [4.78, 5) is 0. The molecule has 0 fully saturated rings. The Morgan fingerprint density at radius 3 is 2.37 bits per heavy atom. The number of benzene rings is 2. The lowest BCUT2D eigenvalue weighted by molar-refractivity contribution is 0.314. The lowest BCUT2D eigenvalue weighted by Crippen LogP contribution is -2.23. The number of hydrogen-bond donors (Lipinski definition) is 2. The Morgan fingerprint density at radius 1 is 0.895 bits per heavy atom. The Kier molecular flexibility index (Phi) is 5.26. The van der Waals surface area contributed by atoms with Crippen molar-refractivity contribution in [2.24, 2.45) is 0 Å². The first-order chi connectivity index (χ1) is 9.34. The van der Waals surface area contributed by atoms with E-state index in [0.29, 0.717) is 6.61 Å². The van der Waals surface area contributed by atoms with E-state index in [1.54, 1.807) is 24.3 Å². The van der Waals surface area contributed by atoms with E-state index in [4.69, 9.17) is 9.84 Å². The Bertz CT molecular complexity index is 468. The topological polar surface area (TPSA) is 41.5 Å². The fourth-order valence-corrected chi connectivity index (χ4v) is 1.79. The SMILES string of the molecule is Oc1ccc(OCCNCCc2ccccc2)cc1. The van der Waals surface area contributed by atoms with Gasteiger partial charge in [-0.05, 0) is 42.8 Å². The molecular formula is C16H19NO2. The van der Waals surface area contributed by atoms with Gasteiger partial charge in [-0.15, -0.1) is 0 Å². The summed E-state index contributed by atoms with van der Waals surface area (Å²) in [5, 5.41) is 12.5. The predicted molar refractivity (Wildman–Crippen MR) is 76.6 cm³/mol. The van der Waals surface area contributed by atoms with Gasteiger partial charge in [-0.25, -0.2) is 0 Å². The standard InChI is InChI=1S/C16H19NO2/c18-15-6-8-16(9-7-15)19-13-12-17-11-10-14-4-2-1-3-5-14/h1-9,17-18H,10-13H2. The van der Waals surface area contributed by atoms with E-state index in [-0.39, 0.29) is 5.75 Å². The molecule has 0 amide bonds. The van der Waals surface area contributed by atoms with Crippen LogP contribution in [-0.4, -0.2) is 24.8 Å². The summed E-state index contributed by atoms with van der Waals surface area (Å²) < 4.78 is 5.54. The molecule has 19 heavy (non-hydrogen) atoms. The maximum atomic E-state index is 9.14. The third-order valence-corrected chi connectivity index (χ3v) is 2.82. The van der Waals surface area contributed by atoms with Crippen LogP contribution < -0.4 is 10.1 Å². The van der Waals surface area contributed by atoms with E-state index in [1.807, 2.05) is 6.07 Å². The number of nitrogens with one attached hydrogen (secondary N) is 1. The maximum Gasteiger partial charge on any atom is 0.119 e. The summed E-state index contributed by atoms with van der Waals surface area (Å²) in [6.45, 7) is 2.39. The quantitative estimate of drug-likeness (QED) is 0.749. The minimum absolute atomic E-state index is 0.258. The zero-order valence-electron chi connectivity index (χ0n) is 10.9. The first-order valence-corrected chi connectivity index (χ1v) is 6.51. The summed E-state index contributed by atoms with van der Waals surface area (Å²) >= 11 is 0. The van der Waals surface area contributed by atoms with Crippen molar-refractivity contribution in [1.82, 2.24) is 5.32 Å². The van der Waals surface area contributed by atoms with E-state index >= 15 is 0 Å². The second kappa shape index (κ2) is 7.44. The molecule has 0 atom stereocenters. The highest BCUT2D eigenvalue weighted by molar-refractivity contribution is 5.30. The van der Waals surface area contributed by atoms with Crippen LogP contribution in [0.3, 0.4) is 0 Å². The number of phenols is 1. The van der Waals surface area contributed by atoms with Gasteiger partial charge in [0.25, 0.3) is 0 Å². The lowest BCUT2D eigenvalue weighted by atomic mass is 10.1. The third-order valence-electron chi connectivity index (χ3n) is 2.82. The van der Waals surface area contributed by atoms with Gasteiger partial charge in [-0.2, -0.15) is 0 Å². The highest BCUT2D eigenvalue weighted by Crippen LogP contribution is 2.15. The third kappa shape index (κ3) is 5.02. The molecule has 0 bridgehead atoms. The molecule has 0 saturated carbocycles. The van der Waals surface area contributed by atoms with Gasteiger partial charge in [0.2, 0.25) is 0 Å². The van der Waals surface area contributed by atoms with Crippen molar-refractivity contribution in [3.63, 3.8) is 0 Å². The first kappa shape index (κ1) is 13.4. The van der Waals surface area contributed by atoms with Gasteiger partial charge in [0, 0.05) is 6.54 Å². The lowest BCUT2D eigenvalue weighted by Gasteiger charge is -2.07. The van der Waals surface area contributed by atoms with Gasteiger partial charge in [-0.1, -0.05) is 30.3 Å². The zero-order valence-corrected chi connectivity index (χ0v) is 10.9. The number of ether oxygens (including phenoxy) is 1. The molecule has 0 spiro atoms. The molecule has 100 valence electrons. The van der Waals surface area contributed by atoms with Crippen molar-refractivity contribution in [3.05, 3.63) is 60.2 Å². The molecule has 0 heterocycles. The van der Waals surface area contributed by atoms with Crippen molar-refractivity contribution in [2.45, 2.75) is 6.42 Å². The van der Waals surface area contributed by atoms with Crippen LogP contribution in [0.5, 0.6) is 11.5 Å². The smallest absolute Gasteiger partial charge is 0.119 e. The summed E-state index contributed by atoms with van der Waals surface area (Å²) in [5.74, 6) is 1.04. The van der Waals surface area contributed by atoms with Crippen LogP contribution in [0.4, 0.5) is 0 Å². The van der Waals surface area contributed by atoms with Gasteiger partial charge in [0.1, 0.15) is 18.1 Å². The van der Waals surface area contributed by atoms with Gasteiger partial charge < -0.3 is 15.2 Å². The fraction of sp³-hybridized carbons (Fsp3) is 0.250. The molecule has 0 aromatic heterocycles. The van der Waals surface area contributed by atoms with Crippen molar-refractivity contribution in [1.29, 1.82) is 0 Å². The van der Waals surface area contributed by atoms with Crippen LogP contribution in [0.25, 0.3) is 0 Å². The Balaban J connectivity index is 1.56. The Morgan fingerprint density at radius 2 is 1.63 bits per heavy atom. The normalized spacial score (nSPS) is 10.3. The zero-order chi connectivity index (χ0) is 13.3. The highest BCUT2D eigenvalue weighted by atomic mass is 16.5. The van der Waals surface area contributed by atoms with Crippen LogP contribution in [-0.2, 0) is 6.42 Å². The Labute approximate surface area is 113 Å². The average molecular weight is 257 g/mol. The molecular weight excluding hydrogens is 238 g/mol. The number of rotatable bonds is 7. The second-order valence-electron chi connectivity index (χ2n) is 4.33.